The first-order valence-corrected chi connectivity index (χ1v) is 7.83. The van der Waals surface area contributed by atoms with Gasteiger partial charge in [0, 0.05) is 30.5 Å². The molecule has 2 rings (SSSR count). The van der Waals surface area contributed by atoms with Crippen molar-refractivity contribution in [2.45, 2.75) is 24.4 Å². The summed E-state index contributed by atoms with van der Waals surface area (Å²) in [5.74, 6) is -0.515. The average Bonchev–Trinajstić information content (AvgIpc) is 2.48. The lowest BCUT2D eigenvalue weighted by Crippen LogP contribution is -2.27. The zero-order chi connectivity index (χ0) is 15.5. The van der Waals surface area contributed by atoms with E-state index in [2.05, 4.69) is 9.71 Å². The van der Waals surface area contributed by atoms with E-state index in [1.807, 2.05) is 0 Å². The van der Waals surface area contributed by atoms with Gasteiger partial charge in [0.2, 0.25) is 10.0 Å². The Morgan fingerprint density at radius 1 is 1.29 bits per heavy atom. The van der Waals surface area contributed by atoms with Gasteiger partial charge in [-0.2, -0.15) is 0 Å². The van der Waals surface area contributed by atoms with Crippen LogP contribution in [0.2, 0.25) is 0 Å². The fourth-order valence-corrected chi connectivity index (χ4v) is 3.18. The van der Waals surface area contributed by atoms with Crippen molar-refractivity contribution < 1.29 is 12.8 Å². The highest BCUT2D eigenvalue weighted by Gasteiger charge is 2.19. The van der Waals surface area contributed by atoms with Crippen molar-refractivity contribution in [2.24, 2.45) is 5.73 Å². The van der Waals surface area contributed by atoms with Gasteiger partial charge in [-0.05, 0) is 42.8 Å². The molecule has 2 aromatic rings. The van der Waals surface area contributed by atoms with E-state index >= 15 is 0 Å². The number of benzene rings is 1. The molecular formula is C14H16FN3O2S. The summed E-state index contributed by atoms with van der Waals surface area (Å²) < 4.78 is 40.5. The predicted molar refractivity (Wildman–Crippen MR) is 77.3 cm³/mol. The molecule has 0 aliphatic rings. The van der Waals surface area contributed by atoms with Crippen LogP contribution in [0, 0.1) is 5.82 Å². The first-order valence-electron chi connectivity index (χ1n) is 6.35. The predicted octanol–water partition coefficient (Wildman–Crippen LogP) is 1.72. The standard InChI is InChI=1S/C14H16FN3O2S/c1-10(11-4-6-17-7-5-11)18-21(19,20)13-2-3-14(15)12(8-13)9-16/h2-8,10,18H,9,16H2,1H3. The van der Waals surface area contributed by atoms with Crippen molar-refractivity contribution in [2.75, 3.05) is 0 Å². The molecule has 112 valence electrons. The van der Waals surface area contributed by atoms with Crippen molar-refractivity contribution in [3.05, 3.63) is 59.7 Å². The Hall–Kier alpha value is -1.83. The first-order chi connectivity index (χ1) is 9.94. The number of hydrogen-bond acceptors (Lipinski definition) is 4. The molecule has 3 N–H and O–H groups in total. The molecule has 0 spiro atoms. The van der Waals surface area contributed by atoms with Crippen LogP contribution in [0.25, 0.3) is 0 Å². The Labute approximate surface area is 123 Å². The van der Waals surface area contributed by atoms with Crippen LogP contribution in [0.5, 0.6) is 0 Å². The summed E-state index contributed by atoms with van der Waals surface area (Å²) >= 11 is 0. The minimum atomic E-state index is -3.75. The molecule has 0 aliphatic heterocycles. The largest absolute Gasteiger partial charge is 0.326 e. The second kappa shape index (κ2) is 6.30. The van der Waals surface area contributed by atoms with Crippen LogP contribution >= 0.6 is 0 Å². The Morgan fingerprint density at radius 2 is 1.95 bits per heavy atom. The van der Waals surface area contributed by atoms with Crippen LogP contribution in [-0.4, -0.2) is 13.4 Å². The van der Waals surface area contributed by atoms with E-state index in [9.17, 15) is 12.8 Å². The molecule has 0 saturated heterocycles. The summed E-state index contributed by atoms with van der Waals surface area (Å²) in [4.78, 5) is 3.87. The van der Waals surface area contributed by atoms with Gasteiger partial charge in [-0.1, -0.05) is 0 Å². The maximum absolute atomic E-state index is 13.4. The van der Waals surface area contributed by atoms with Gasteiger partial charge in [0.15, 0.2) is 0 Å². The number of hydrogen-bond donors (Lipinski definition) is 2. The highest BCUT2D eigenvalue weighted by molar-refractivity contribution is 7.89. The molecule has 1 atom stereocenters. The van der Waals surface area contributed by atoms with Crippen molar-refractivity contribution in [1.29, 1.82) is 0 Å². The molecule has 0 bridgehead atoms. The molecule has 0 radical (unpaired) electrons. The number of sulfonamides is 1. The van der Waals surface area contributed by atoms with Gasteiger partial charge in [-0.15, -0.1) is 0 Å². The van der Waals surface area contributed by atoms with Crippen LogP contribution < -0.4 is 10.5 Å². The van der Waals surface area contributed by atoms with E-state index in [-0.39, 0.29) is 17.0 Å². The smallest absolute Gasteiger partial charge is 0.241 e. The Morgan fingerprint density at radius 3 is 2.57 bits per heavy atom. The van der Waals surface area contributed by atoms with Gasteiger partial charge in [-0.25, -0.2) is 17.5 Å². The second-order valence-corrected chi connectivity index (χ2v) is 6.29. The SMILES string of the molecule is CC(NS(=O)(=O)c1ccc(F)c(CN)c1)c1ccncc1. The summed E-state index contributed by atoms with van der Waals surface area (Å²) in [7, 11) is -3.75. The number of aromatic nitrogens is 1. The van der Waals surface area contributed by atoms with E-state index in [0.717, 1.165) is 11.6 Å². The van der Waals surface area contributed by atoms with E-state index in [0.29, 0.717) is 0 Å². The lowest BCUT2D eigenvalue weighted by Gasteiger charge is -2.15. The number of pyridine rings is 1. The van der Waals surface area contributed by atoms with Crippen molar-refractivity contribution in [3.63, 3.8) is 0 Å². The molecule has 0 saturated carbocycles. The van der Waals surface area contributed by atoms with Crippen LogP contribution in [-0.2, 0) is 16.6 Å². The van der Waals surface area contributed by atoms with Crippen LogP contribution in [0.15, 0.2) is 47.6 Å². The number of halogens is 1. The van der Waals surface area contributed by atoms with Crippen LogP contribution in [0.1, 0.15) is 24.1 Å². The minimum absolute atomic E-state index is 0.00902. The number of nitrogens with zero attached hydrogens (tertiary/aromatic N) is 1. The van der Waals surface area contributed by atoms with Gasteiger partial charge < -0.3 is 5.73 Å². The minimum Gasteiger partial charge on any atom is -0.326 e. The molecule has 1 aromatic carbocycles. The normalized spacial score (nSPS) is 13.1. The summed E-state index contributed by atoms with van der Waals surface area (Å²) in [5.41, 5.74) is 6.34. The lowest BCUT2D eigenvalue weighted by molar-refractivity contribution is 0.565. The molecular weight excluding hydrogens is 293 g/mol. The highest BCUT2D eigenvalue weighted by atomic mass is 32.2. The molecule has 0 aliphatic carbocycles. The van der Waals surface area contributed by atoms with Crippen molar-refractivity contribution in [1.82, 2.24) is 9.71 Å². The van der Waals surface area contributed by atoms with Crippen LogP contribution in [0.4, 0.5) is 4.39 Å². The van der Waals surface area contributed by atoms with Gasteiger partial charge in [0.25, 0.3) is 0 Å². The third-order valence-corrected chi connectivity index (χ3v) is 4.62. The molecule has 0 amide bonds. The van der Waals surface area contributed by atoms with E-state index < -0.39 is 21.9 Å². The topological polar surface area (TPSA) is 85.1 Å². The zero-order valence-corrected chi connectivity index (χ0v) is 12.3. The molecule has 1 heterocycles. The fraction of sp³-hybridized carbons (Fsp3) is 0.214. The zero-order valence-electron chi connectivity index (χ0n) is 11.5. The maximum atomic E-state index is 13.4. The second-order valence-electron chi connectivity index (χ2n) is 4.58. The maximum Gasteiger partial charge on any atom is 0.241 e. The molecule has 1 unspecified atom stereocenters. The quantitative estimate of drug-likeness (QED) is 0.880. The van der Waals surface area contributed by atoms with E-state index in [4.69, 9.17) is 5.73 Å². The molecule has 21 heavy (non-hydrogen) atoms. The number of nitrogens with one attached hydrogen (secondary N) is 1. The van der Waals surface area contributed by atoms with E-state index in [1.165, 1.54) is 12.1 Å². The molecule has 0 fully saturated rings. The first kappa shape index (κ1) is 15.6. The van der Waals surface area contributed by atoms with Gasteiger partial charge in [-0.3, -0.25) is 4.98 Å². The lowest BCUT2D eigenvalue weighted by atomic mass is 10.1. The third kappa shape index (κ3) is 3.63. The average molecular weight is 309 g/mol. The van der Waals surface area contributed by atoms with E-state index in [1.54, 1.807) is 31.5 Å². The van der Waals surface area contributed by atoms with Crippen molar-refractivity contribution in [3.8, 4) is 0 Å². The van der Waals surface area contributed by atoms with Crippen LogP contribution in [0.3, 0.4) is 0 Å². The summed E-state index contributed by atoms with van der Waals surface area (Å²) in [6.45, 7) is 1.66. The van der Waals surface area contributed by atoms with Gasteiger partial charge in [0.05, 0.1) is 4.90 Å². The third-order valence-electron chi connectivity index (χ3n) is 3.09. The molecule has 7 heteroatoms. The summed E-state index contributed by atoms with van der Waals surface area (Å²) in [6, 6.07) is 6.59. The molecule has 5 nitrogen and oxygen atoms in total. The Kier molecular flexibility index (Phi) is 4.66. The summed E-state index contributed by atoms with van der Waals surface area (Å²) in [6.07, 6.45) is 3.18. The Bertz CT molecular complexity index is 720. The fourth-order valence-electron chi connectivity index (χ4n) is 1.90. The number of rotatable bonds is 5. The van der Waals surface area contributed by atoms with Gasteiger partial charge >= 0.3 is 0 Å². The number of nitrogens with two attached hydrogens (primary N) is 1. The summed E-state index contributed by atoms with van der Waals surface area (Å²) in [5, 5.41) is 0. The molecule has 1 aromatic heterocycles. The Balaban J connectivity index is 2.26. The highest BCUT2D eigenvalue weighted by Crippen LogP contribution is 2.18. The van der Waals surface area contributed by atoms with Gasteiger partial charge in [0.1, 0.15) is 5.82 Å². The monoisotopic (exact) mass is 309 g/mol. The van der Waals surface area contributed by atoms with Crippen molar-refractivity contribution >= 4 is 10.0 Å².